The molecule has 0 bridgehead atoms. The third-order valence-corrected chi connectivity index (χ3v) is 2.13. The van der Waals surface area contributed by atoms with Crippen LogP contribution in [0.1, 0.15) is 27.7 Å². The maximum atomic E-state index is 10.0. The Morgan fingerprint density at radius 2 is 1.58 bits per heavy atom. The molecule has 0 saturated carbocycles. The van der Waals surface area contributed by atoms with Gasteiger partial charge >= 0.3 is 0 Å². The molecule has 0 spiro atoms. The smallest absolute Gasteiger partial charge is 0.130 e. The number of hydrogen-bond acceptors (Lipinski definition) is 2. The first-order chi connectivity index (χ1) is 5.45. The molecule has 0 aliphatic heterocycles. The van der Waals surface area contributed by atoms with Gasteiger partial charge in [0.15, 0.2) is 0 Å². The van der Waals surface area contributed by atoms with Gasteiger partial charge in [-0.3, -0.25) is 0 Å². The molecule has 0 aliphatic rings. The van der Waals surface area contributed by atoms with E-state index >= 15 is 0 Å². The van der Waals surface area contributed by atoms with Gasteiger partial charge in [0, 0.05) is 0 Å². The normalized spacial score (nSPS) is 11.7. The molecule has 0 atom stereocenters. The van der Waals surface area contributed by atoms with Crippen LogP contribution in [0.5, 0.6) is 0 Å². The predicted molar refractivity (Wildman–Crippen MR) is 49.5 cm³/mol. The molecule has 0 radical (unpaired) electrons. The van der Waals surface area contributed by atoms with Crippen molar-refractivity contribution < 1.29 is 10.2 Å². The summed E-state index contributed by atoms with van der Waals surface area (Å²) >= 11 is 0. The lowest BCUT2D eigenvalue weighted by molar-refractivity contribution is 0.00912. The molecule has 0 aromatic rings. The van der Waals surface area contributed by atoms with Crippen LogP contribution in [0.25, 0.3) is 0 Å². The van der Waals surface area contributed by atoms with Crippen molar-refractivity contribution in [1.29, 1.82) is 0 Å². The fourth-order valence-corrected chi connectivity index (χ4v) is 1.14. The van der Waals surface area contributed by atoms with Crippen molar-refractivity contribution in [3.05, 3.63) is 0 Å². The fourth-order valence-electron chi connectivity index (χ4n) is 1.14. The SMILES string of the molecule is CC(C)C(O)(C#CCO)C(C)C. The zero-order chi connectivity index (χ0) is 9.78. The first-order valence-corrected chi connectivity index (χ1v) is 4.28. The lowest BCUT2D eigenvalue weighted by atomic mass is 9.81. The van der Waals surface area contributed by atoms with Crippen molar-refractivity contribution in [3.63, 3.8) is 0 Å². The Bertz CT molecular complexity index is 176. The molecule has 0 heterocycles. The van der Waals surface area contributed by atoms with E-state index in [1.165, 1.54) is 0 Å². The van der Waals surface area contributed by atoms with E-state index in [4.69, 9.17) is 5.11 Å². The Morgan fingerprint density at radius 3 is 1.83 bits per heavy atom. The van der Waals surface area contributed by atoms with Crippen molar-refractivity contribution in [2.24, 2.45) is 11.8 Å². The molecule has 70 valence electrons. The number of aliphatic hydroxyl groups excluding tert-OH is 1. The van der Waals surface area contributed by atoms with E-state index < -0.39 is 5.60 Å². The van der Waals surface area contributed by atoms with Crippen molar-refractivity contribution in [3.8, 4) is 11.8 Å². The second-order valence-corrected chi connectivity index (χ2v) is 3.59. The molecule has 0 aromatic heterocycles. The minimum absolute atomic E-state index is 0.0801. The first-order valence-electron chi connectivity index (χ1n) is 4.28. The average Bonchev–Trinajstić information content (AvgIpc) is 1.99. The summed E-state index contributed by atoms with van der Waals surface area (Å²) in [5.74, 6) is 5.37. The van der Waals surface area contributed by atoms with Gasteiger partial charge in [-0.2, -0.15) is 0 Å². The molecule has 0 aromatic carbocycles. The van der Waals surface area contributed by atoms with Gasteiger partial charge in [-0.1, -0.05) is 39.5 Å². The molecule has 0 rings (SSSR count). The van der Waals surface area contributed by atoms with Crippen LogP contribution in [0.2, 0.25) is 0 Å². The van der Waals surface area contributed by atoms with Crippen LogP contribution >= 0.6 is 0 Å². The number of hydrogen-bond donors (Lipinski definition) is 2. The maximum absolute atomic E-state index is 10.0. The van der Waals surface area contributed by atoms with Crippen molar-refractivity contribution in [1.82, 2.24) is 0 Å². The number of aliphatic hydroxyl groups is 2. The van der Waals surface area contributed by atoms with E-state index in [2.05, 4.69) is 11.8 Å². The topological polar surface area (TPSA) is 40.5 Å². The molecule has 2 heteroatoms. The third-order valence-electron chi connectivity index (χ3n) is 2.13. The average molecular weight is 170 g/mol. The van der Waals surface area contributed by atoms with Crippen LogP contribution in [-0.2, 0) is 0 Å². The van der Waals surface area contributed by atoms with E-state index in [0.717, 1.165) is 0 Å². The van der Waals surface area contributed by atoms with Crippen molar-refractivity contribution >= 4 is 0 Å². The molecule has 0 amide bonds. The van der Waals surface area contributed by atoms with Crippen LogP contribution in [-0.4, -0.2) is 22.4 Å². The van der Waals surface area contributed by atoms with Gasteiger partial charge in [0.05, 0.1) is 0 Å². The van der Waals surface area contributed by atoms with Crippen LogP contribution in [0.15, 0.2) is 0 Å². The summed E-state index contributed by atoms with van der Waals surface area (Å²) in [6, 6.07) is 0. The molecule has 2 nitrogen and oxygen atoms in total. The highest BCUT2D eigenvalue weighted by atomic mass is 16.3. The summed E-state index contributed by atoms with van der Waals surface area (Å²) in [6.45, 7) is 7.50. The quantitative estimate of drug-likeness (QED) is 0.608. The van der Waals surface area contributed by atoms with Crippen LogP contribution in [0.4, 0.5) is 0 Å². The standard InChI is InChI=1S/C10H18O2/c1-8(2)10(12,9(3)4)6-5-7-11/h8-9,11-12H,7H2,1-4H3. The molecular weight excluding hydrogens is 152 g/mol. The van der Waals surface area contributed by atoms with Crippen molar-refractivity contribution in [2.45, 2.75) is 33.3 Å². The summed E-state index contributed by atoms with van der Waals surface area (Å²) in [4.78, 5) is 0. The monoisotopic (exact) mass is 170 g/mol. The lowest BCUT2D eigenvalue weighted by Crippen LogP contribution is -2.39. The van der Waals surface area contributed by atoms with Crippen LogP contribution in [0, 0.1) is 23.7 Å². The van der Waals surface area contributed by atoms with Crippen LogP contribution < -0.4 is 0 Å². The summed E-state index contributed by atoms with van der Waals surface area (Å²) in [7, 11) is 0. The van der Waals surface area contributed by atoms with E-state index in [-0.39, 0.29) is 18.4 Å². The van der Waals surface area contributed by atoms with E-state index in [0.29, 0.717) is 0 Å². The first kappa shape index (κ1) is 11.5. The Kier molecular flexibility index (Phi) is 4.30. The Labute approximate surface area is 74.6 Å². The van der Waals surface area contributed by atoms with E-state index in [9.17, 15) is 5.11 Å². The van der Waals surface area contributed by atoms with Gasteiger partial charge < -0.3 is 10.2 Å². The second-order valence-electron chi connectivity index (χ2n) is 3.59. The highest BCUT2D eigenvalue weighted by Crippen LogP contribution is 2.24. The zero-order valence-corrected chi connectivity index (χ0v) is 8.26. The molecule has 0 fully saturated rings. The fraction of sp³-hybridized carbons (Fsp3) is 0.800. The molecular formula is C10H18O2. The Morgan fingerprint density at radius 1 is 1.17 bits per heavy atom. The zero-order valence-electron chi connectivity index (χ0n) is 8.26. The minimum Gasteiger partial charge on any atom is -0.384 e. The van der Waals surface area contributed by atoms with Gasteiger partial charge in [-0.05, 0) is 11.8 Å². The largest absolute Gasteiger partial charge is 0.384 e. The highest BCUT2D eigenvalue weighted by molar-refractivity contribution is 5.16. The second kappa shape index (κ2) is 4.49. The van der Waals surface area contributed by atoms with E-state index in [1.807, 2.05) is 27.7 Å². The predicted octanol–water partition coefficient (Wildman–Crippen LogP) is 1.03. The maximum Gasteiger partial charge on any atom is 0.130 e. The van der Waals surface area contributed by atoms with Gasteiger partial charge in [0.25, 0.3) is 0 Å². The molecule has 0 saturated heterocycles. The van der Waals surface area contributed by atoms with Gasteiger partial charge in [0.2, 0.25) is 0 Å². The summed E-state index contributed by atoms with van der Waals surface area (Å²) < 4.78 is 0. The van der Waals surface area contributed by atoms with Gasteiger partial charge in [-0.15, -0.1) is 0 Å². The highest BCUT2D eigenvalue weighted by Gasteiger charge is 2.32. The number of rotatable bonds is 2. The van der Waals surface area contributed by atoms with Gasteiger partial charge in [0.1, 0.15) is 12.2 Å². The molecule has 2 N–H and O–H groups in total. The Hall–Kier alpha value is -0.520. The third kappa shape index (κ3) is 2.51. The van der Waals surface area contributed by atoms with Gasteiger partial charge in [-0.25, -0.2) is 0 Å². The summed E-state index contributed by atoms with van der Waals surface area (Å²) in [6.07, 6.45) is 0. The lowest BCUT2D eigenvalue weighted by Gasteiger charge is -2.30. The van der Waals surface area contributed by atoms with E-state index in [1.54, 1.807) is 0 Å². The summed E-state index contributed by atoms with van der Waals surface area (Å²) in [5.41, 5.74) is -0.970. The molecule has 12 heavy (non-hydrogen) atoms. The Balaban J connectivity index is 4.63. The van der Waals surface area contributed by atoms with Crippen LogP contribution in [0.3, 0.4) is 0 Å². The molecule has 0 unspecified atom stereocenters. The summed E-state index contributed by atoms with van der Waals surface area (Å²) in [5, 5.41) is 18.5. The molecule has 0 aliphatic carbocycles. The van der Waals surface area contributed by atoms with Crippen molar-refractivity contribution in [2.75, 3.05) is 6.61 Å². The minimum atomic E-state index is -0.970.